The van der Waals surface area contributed by atoms with Crippen molar-refractivity contribution < 1.29 is 9.59 Å². The Hall–Kier alpha value is -1.56. The highest BCUT2D eigenvalue weighted by molar-refractivity contribution is 9.10. The van der Waals surface area contributed by atoms with E-state index < -0.39 is 0 Å². The number of rotatable bonds is 4. The van der Waals surface area contributed by atoms with Gasteiger partial charge in [-0.05, 0) is 49.4 Å². The number of nitrogens with one attached hydrogen (secondary N) is 2. The lowest BCUT2D eigenvalue weighted by atomic mass is 9.98. The number of amides is 3. The summed E-state index contributed by atoms with van der Waals surface area (Å²) in [4.78, 5) is 26.0. The van der Waals surface area contributed by atoms with E-state index in [0.29, 0.717) is 19.0 Å². The molecule has 2 rings (SSSR count). The summed E-state index contributed by atoms with van der Waals surface area (Å²) in [6, 6.07) is 5.70. The minimum atomic E-state index is -0.0726. The molecule has 0 unspecified atom stereocenters. The van der Waals surface area contributed by atoms with Gasteiger partial charge in [0.05, 0.1) is 0 Å². The van der Waals surface area contributed by atoms with Gasteiger partial charge in [-0.15, -0.1) is 0 Å². The van der Waals surface area contributed by atoms with Gasteiger partial charge < -0.3 is 15.5 Å². The number of carbonyl (C=O) groups is 2. The summed E-state index contributed by atoms with van der Waals surface area (Å²) in [5, 5.41) is 5.93. The van der Waals surface area contributed by atoms with Crippen molar-refractivity contribution in [3.8, 4) is 0 Å². The second kappa shape index (κ2) is 8.51. The van der Waals surface area contributed by atoms with Crippen LogP contribution >= 0.6 is 15.9 Å². The number of piperidine rings is 1. The highest BCUT2D eigenvalue weighted by Gasteiger charge is 2.24. The number of aryl methyl sites for hydroxylation is 1. The Kier molecular flexibility index (Phi) is 6.66. The zero-order valence-corrected chi connectivity index (χ0v) is 16.1. The van der Waals surface area contributed by atoms with E-state index in [2.05, 4.69) is 26.6 Å². The van der Waals surface area contributed by atoms with Crippen molar-refractivity contribution in [2.24, 2.45) is 11.8 Å². The molecule has 24 heavy (non-hydrogen) atoms. The van der Waals surface area contributed by atoms with Crippen LogP contribution in [0.15, 0.2) is 22.7 Å². The Balaban J connectivity index is 1.87. The van der Waals surface area contributed by atoms with Crippen molar-refractivity contribution >= 4 is 33.6 Å². The van der Waals surface area contributed by atoms with E-state index >= 15 is 0 Å². The lowest BCUT2D eigenvalue weighted by molar-refractivity contribution is -0.124. The molecular formula is C18H26BrN3O2. The Morgan fingerprint density at radius 2 is 2.12 bits per heavy atom. The van der Waals surface area contributed by atoms with Crippen molar-refractivity contribution in [3.63, 3.8) is 0 Å². The van der Waals surface area contributed by atoms with Gasteiger partial charge in [0.25, 0.3) is 0 Å². The Labute approximate surface area is 152 Å². The molecule has 0 spiro atoms. The summed E-state index contributed by atoms with van der Waals surface area (Å²) in [5.74, 6) is 0.384. The summed E-state index contributed by atoms with van der Waals surface area (Å²) in [5.41, 5.74) is 1.89. The number of urea groups is 1. The second-order valence-electron chi connectivity index (χ2n) is 6.75. The third kappa shape index (κ3) is 5.23. The standard InChI is InChI=1S/C18H26BrN3O2/c1-12(2)17(23)20-10-14-5-4-8-22(11-14)18(24)21-15-6-7-16(19)13(3)9-15/h6-7,9,12,14H,4-5,8,10-11H2,1-3H3,(H,20,23)(H,21,24)/t14-/m0/s1. The molecule has 1 aliphatic heterocycles. The zero-order valence-electron chi connectivity index (χ0n) is 14.6. The van der Waals surface area contributed by atoms with Gasteiger partial charge in [-0.1, -0.05) is 29.8 Å². The lowest BCUT2D eigenvalue weighted by Crippen LogP contribution is -2.45. The van der Waals surface area contributed by atoms with Crippen LogP contribution in [0.3, 0.4) is 0 Å². The van der Waals surface area contributed by atoms with Gasteiger partial charge in [0.2, 0.25) is 5.91 Å². The number of likely N-dealkylation sites (tertiary alicyclic amines) is 1. The van der Waals surface area contributed by atoms with Crippen molar-refractivity contribution in [2.45, 2.75) is 33.6 Å². The molecule has 132 valence electrons. The molecular weight excluding hydrogens is 370 g/mol. The van der Waals surface area contributed by atoms with E-state index in [1.807, 2.05) is 43.9 Å². The van der Waals surface area contributed by atoms with E-state index in [4.69, 9.17) is 0 Å². The third-order valence-electron chi connectivity index (χ3n) is 4.30. The van der Waals surface area contributed by atoms with Gasteiger partial charge in [-0.25, -0.2) is 4.79 Å². The number of nitrogens with zero attached hydrogens (tertiary/aromatic N) is 1. The largest absolute Gasteiger partial charge is 0.356 e. The van der Waals surface area contributed by atoms with Crippen LogP contribution in [0.25, 0.3) is 0 Å². The molecule has 0 aromatic heterocycles. The van der Waals surface area contributed by atoms with Crippen LogP contribution in [-0.4, -0.2) is 36.5 Å². The quantitative estimate of drug-likeness (QED) is 0.814. The number of hydrogen-bond donors (Lipinski definition) is 2. The second-order valence-corrected chi connectivity index (χ2v) is 7.60. The minimum Gasteiger partial charge on any atom is -0.356 e. The monoisotopic (exact) mass is 395 g/mol. The van der Waals surface area contributed by atoms with E-state index in [0.717, 1.165) is 35.1 Å². The highest BCUT2D eigenvalue weighted by Crippen LogP contribution is 2.21. The number of carbonyl (C=O) groups excluding carboxylic acids is 2. The Morgan fingerprint density at radius 1 is 1.38 bits per heavy atom. The van der Waals surface area contributed by atoms with Gasteiger partial charge in [-0.3, -0.25) is 4.79 Å². The van der Waals surface area contributed by atoms with Crippen molar-refractivity contribution in [3.05, 3.63) is 28.2 Å². The first-order valence-electron chi connectivity index (χ1n) is 8.46. The molecule has 0 aliphatic carbocycles. The highest BCUT2D eigenvalue weighted by atomic mass is 79.9. The van der Waals surface area contributed by atoms with E-state index in [1.54, 1.807) is 0 Å². The van der Waals surface area contributed by atoms with Gasteiger partial charge in [0, 0.05) is 35.7 Å². The van der Waals surface area contributed by atoms with Crippen molar-refractivity contribution in [2.75, 3.05) is 25.0 Å². The third-order valence-corrected chi connectivity index (χ3v) is 5.19. The molecule has 1 aromatic carbocycles. The Morgan fingerprint density at radius 3 is 2.79 bits per heavy atom. The molecule has 1 aromatic rings. The number of anilines is 1. The van der Waals surface area contributed by atoms with E-state index in [-0.39, 0.29) is 17.9 Å². The predicted octanol–water partition coefficient (Wildman–Crippen LogP) is 3.77. The summed E-state index contributed by atoms with van der Waals surface area (Å²) in [7, 11) is 0. The Bertz CT molecular complexity index is 604. The van der Waals surface area contributed by atoms with Crippen LogP contribution in [0.4, 0.5) is 10.5 Å². The topological polar surface area (TPSA) is 61.4 Å². The van der Waals surface area contributed by atoms with Crippen molar-refractivity contribution in [1.29, 1.82) is 0 Å². The average Bonchev–Trinajstić information content (AvgIpc) is 2.56. The van der Waals surface area contributed by atoms with Crippen LogP contribution in [0, 0.1) is 18.8 Å². The summed E-state index contributed by atoms with van der Waals surface area (Å²) >= 11 is 3.46. The van der Waals surface area contributed by atoms with Crippen LogP contribution in [0.2, 0.25) is 0 Å². The summed E-state index contributed by atoms with van der Waals surface area (Å²) in [6.45, 7) is 7.84. The fourth-order valence-corrected chi connectivity index (χ4v) is 3.04. The number of hydrogen-bond acceptors (Lipinski definition) is 2. The summed E-state index contributed by atoms with van der Waals surface area (Å²) in [6.07, 6.45) is 2.01. The molecule has 2 N–H and O–H groups in total. The number of halogens is 1. The van der Waals surface area contributed by atoms with Gasteiger partial charge in [-0.2, -0.15) is 0 Å². The maximum Gasteiger partial charge on any atom is 0.321 e. The maximum atomic E-state index is 12.5. The van der Waals surface area contributed by atoms with Crippen molar-refractivity contribution in [1.82, 2.24) is 10.2 Å². The summed E-state index contributed by atoms with van der Waals surface area (Å²) < 4.78 is 1.03. The molecule has 1 fully saturated rings. The molecule has 6 heteroatoms. The van der Waals surface area contributed by atoms with E-state index in [9.17, 15) is 9.59 Å². The van der Waals surface area contributed by atoms with Crippen LogP contribution in [-0.2, 0) is 4.79 Å². The molecule has 0 radical (unpaired) electrons. The molecule has 1 heterocycles. The molecule has 3 amide bonds. The minimum absolute atomic E-state index is 0.00589. The molecule has 1 atom stereocenters. The van der Waals surface area contributed by atoms with Gasteiger partial charge >= 0.3 is 6.03 Å². The fourth-order valence-electron chi connectivity index (χ4n) is 2.79. The first-order valence-corrected chi connectivity index (χ1v) is 9.26. The molecule has 1 aliphatic rings. The average molecular weight is 396 g/mol. The fraction of sp³-hybridized carbons (Fsp3) is 0.556. The predicted molar refractivity (Wildman–Crippen MR) is 100 cm³/mol. The van der Waals surface area contributed by atoms with Gasteiger partial charge in [0.1, 0.15) is 0 Å². The lowest BCUT2D eigenvalue weighted by Gasteiger charge is -2.33. The van der Waals surface area contributed by atoms with E-state index in [1.165, 1.54) is 0 Å². The first kappa shape index (κ1) is 18.8. The molecule has 1 saturated heterocycles. The SMILES string of the molecule is Cc1cc(NC(=O)N2CCC[C@@H](CNC(=O)C(C)C)C2)ccc1Br. The van der Waals surface area contributed by atoms with Crippen LogP contribution in [0.5, 0.6) is 0 Å². The molecule has 0 saturated carbocycles. The van der Waals surface area contributed by atoms with Gasteiger partial charge in [0.15, 0.2) is 0 Å². The van der Waals surface area contributed by atoms with Crippen LogP contribution < -0.4 is 10.6 Å². The molecule has 5 nitrogen and oxygen atoms in total. The maximum absolute atomic E-state index is 12.5. The zero-order chi connectivity index (χ0) is 17.7. The smallest absolute Gasteiger partial charge is 0.321 e. The van der Waals surface area contributed by atoms with Crippen LogP contribution in [0.1, 0.15) is 32.3 Å². The molecule has 0 bridgehead atoms. The normalized spacial score (nSPS) is 17.7. The number of benzene rings is 1. The first-order chi connectivity index (χ1) is 11.4.